The molecule has 0 heterocycles. The van der Waals surface area contributed by atoms with Crippen LogP contribution in [0.1, 0.15) is 0 Å². The van der Waals surface area contributed by atoms with Gasteiger partial charge in [-0.25, -0.2) is 0 Å². The molecular formula is C7H6F2OS. The van der Waals surface area contributed by atoms with Crippen LogP contribution in [0.25, 0.3) is 0 Å². The molecule has 1 N–H and O–H groups in total. The molecule has 0 saturated heterocycles. The van der Waals surface area contributed by atoms with Gasteiger partial charge >= 0.3 is 5.44 Å². The highest BCUT2D eigenvalue weighted by Gasteiger charge is 2.25. The summed E-state index contributed by atoms with van der Waals surface area (Å²) in [5.74, 6) is 0. The summed E-state index contributed by atoms with van der Waals surface area (Å²) in [5, 5.41) is 8.10. The maximum Gasteiger partial charge on any atom is 0.409 e. The predicted octanol–water partition coefficient (Wildman–Crippen LogP) is 2.32. The summed E-state index contributed by atoms with van der Waals surface area (Å²) in [6.07, 6.45) is 0. The van der Waals surface area contributed by atoms with E-state index in [1.54, 1.807) is 18.2 Å². The Balaban J connectivity index is 2.66. The van der Waals surface area contributed by atoms with Gasteiger partial charge in [-0.05, 0) is 23.9 Å². The van der Waals surface area contributed by atoms with Crippen LogP contribution < -0.4 is 0 Å². The quantitative estimate of drug-likeness (QED) is 0.551. The molecule has 0 unspecified atom stereocenters. The fourth-order valence-electron chi connectivity index (χ4n) is 0.630. The van der Waals surface area contributed by atoms with Crippen LogP contribution in [0.4, 0.5) is 8.78 Å². The lowest BCUT2D eigenvalue weighted by Crippen LogP contribution is -2.06. The molecule has 0 aliphatic heterocycles. The standard InChI is InChI=1S/C7H6F2OS/c8-7(9,10)11-6-4-2-1-3-5-6/h1-5,10H. The fourth-order valence-corrected chi connectivity index (χ4v) is 1.21. The van der Waals surface area contributed by atoms with E-state index in [4.69, 9.17) is 5.11 Å². The summed E-state index contributed by atoms with van der Waals surface area (Å²) in [6, 6.07) is 8.01. The van der Waals surface area contributed by atoms with Crippen LogP contribution in [0.15, 0.2) is 35.2 Å². The number of thioether (sulfide) groups is 1. The summed E-state index contributed by atoms with van der Waals surface area (Å²) in [4.78, 5) is 0.347. The molecule has 0 aromatic heterocycles. The van der Waals surface area contributed by atoms with Gasteiger partial charge in [0.15, 0.2) is 0 Å². The second kappa shape index (κ2) is 3.19. The first-order chi connectivity index (χ1) is 5.08. The zero-order valence-electron chi connectivity index (χ0n) is 5.50. The second-order valence-electron chi connectivity index (χ2n) is 1.90. The Morgan fingerprint density at radius 1 is 1.18 bits per heavy atom. The van der Waals surface area contributed by atoms with Crippen LogP contribution in [0.2, 0.25) is 0 Å². The maximum absolute atomic E-state index is 11.9. The van der Waals surface area contributed by atoms with Crippen LogP contribution >= 0.6 is 11.8 Å². The fraction of sp³-hybridized carbons (Fsp3) is 0.143. The van der Waals surface area contributed by atoms with E-state index in [9.17, 15) is 8.78 Å². The molecule has 0 spiro atoms. The molecule has 11 heavy (non-hydrogen) atoms. The third-order valence-corrected chi connectivity index (χ3v) is 1.74. The Morgan fingerprint density at radius 2 is 1.73 bits per heavy atom. The molecule has 0 aliphatic rings. The van der Waals surface area contributed by atoms with Gasteiger partial charge in [0.2, 0.25) is 0 Å². The lowest BCUT2D eigenvalue weighted by atomic mass is 10.4. The molecule has 0 aliphatic carbocycles. The number of halogens is 2. The summed E-state index contributed by atoms with van der Waals surface area (Å²) < 4.78 is 23.9. The van der Waals surface area contributed by atoms with Crippen molar-refractivity contribution in [2.75, 3.05) is 0 Å². The molecule has 0 atom stereocenters. The molecule has 1 aromatic rings. The SMILES string of the molecule is OC(F)(F)Sc1ccccc1. The zero-order chi connectivity index (χ0) is 8.32. The number of hydrogen-bond donors (Lipinski definition) is 1. The molecule has 4 heteroatoms. The van der Waals surface area contributed by atoms with E-state index in [2.05, 4.69) is 0 Å². The van der Waals surface area contributed by atoms with Crippen molar-refractivity contribution in [3.8, 4) is 0 Å². The van der Waals surface area contributed by atoms with Crippen molar-refractivity contribution in [1.82, 2.24) is 0 Å². The smallest absolute Gasteiger partial charge is 0.327 e. The van der Waals surface area contributed by atoms with E-state index < -0.39 is 5.44 Å². The lowest BCUT2D eigenvalue weighted by molar-refractivity contribution is -0.111. The van der Waals surface area contributed by atoms with Crippen molar-refractivity contribution in [3.05, 3.63) is 30.3 Å². The highest BCUT2D eigenvalue weighted by Crippen LogP contribution is 2.32. The predicted molar refractivity (Wildman–Crippen MR) is 39.5 cm³/mol. The zero-order valence-corrected chi connectivity index (χ0v) is 6.31. The van der Waals surface area contributed by atoms with E-state index in [0.717, 1.165) is 0 Å². The van der Waals surface area contributed by atoms with Crippen LogP contribution in [0.3, 0.4) is 0 Å². The highest BCUT2D eigenvalue weighted by atomic mass is 32.2. The minimum atomic E-state index is -3.68. The first-order valence-electron chi connectivity index (χ1n) is 2.92. The van der Waals surface area contributed by atoms with Gasteiger partial charge in [-0.3, -0.25) is 0 Å². The third-order valence-electron chi connectivity index (χ3n) is 0.984. The summed E-state index contributed by atoms with van der Waals surface area (Å²) >= 11 is 0.123. The first-order valence-corrected chi connectivity index (χ1v) is 3.74. The molecule has 0 fully saturated rings. The van der Waals surface area contributed by atoms with E-state index in [1.165, 1.54) is 12.1 Å². The van der Waals surface area contributed by atoms with Crippen molar-refractivity contribution in [3.63, 3.8) is 0 Å². The maximum atomic E-state index is 11.9. The van der Waals surface area contributed by atoms with Crippen molar-refractivity contribution >= 4 is 11.8 Å². The summed E-state index contributed by atoms with van der Waals surface area (Å²) in [6.45, 7) is 0. The average Bonchev–Trinajstić information content (AvgIpc) is 1.85. The van der Waals surface area contributed by atoms with Crippen LogP contribution in [0, 0.1) is 0 Å². The largest absolute Gasteiger partial charge is 0.409 e. The van der Waals surface area contributed by atoms with Gasteiger partial charge < -0.3 is 5.11 Å². The number of alkyl halides is 2. The van der Waals surface area contributed by atoms with Crippen molar-refractivity contribution in [1.29, 1.82) is 0 Å². The first kappa shape index (κ1) is 8.49. The third kappa shape index (κ3) is 3.34. The molecule has 1 aromatic carbocycles. The van der Waals surface area contributed by atoms with E-state index >= 15 is 0 Å². The second-order valence-corrected chi connectivity index (χ2v) is 3.07. The minimum absolute atomic E-state index is 0.123. The van der Waals surface area contributed by atoms with Crippen molar-refractivity contribution in [2.24, 2.45) is 0 Å². The van der Waals surface area contributed by atoms with Gasteiger partial charge in [-0.2, -0.15) is 8.78 Å². The monoisotopic (exact) mass is 176 g/mol. The normalized spacial score (nSPS) is 11.5. The van der Waals surface area contributed by atoms with E-state index in [0.29, 0.717) is 4.90 Å². The molecular weight excluding hydrogens is 170 g/mol. The molecule has 0 bridgehead atoms. The van der Waals surface area contributed by atoms with E-state index in [-0.39, 0.29) is 11.8 Å². The topological polar surface area (TPSA) is 20.2 Å². The number of hydrogen-bond acceptors (Lipinski definition) is 2. The van der Waals surface area contributed by atoms with Crippen molar-refractivity contribution < 1.29 is 13.9 Å². The average molecular weight is 176 g/mol. The Labute approximate surface area is 67.0 Å². The molecule has 0 saturated carbocycles. The van der Waals surface area contributed by atoms with E-state index in [1.807, 2.05) is 0 Å². The Bertz CT molecular complexity index is 220. The Kier molecular flexibility index (Phi) is 2.46. The van der Waals surface area contributed by atoms with Gasteiger partial charge in [-0.15, -0.1) is 0 Å². The minimum Gasteiger partial charge on any atom is -0.327 e. The van der Waals surface area contributed by atoms with Crippen LogP contribution in [0.5, 0.6) is 0 Å². The molecule has 1 nitrogen and oxygen atoms in total. The molecule has 0 amide bonds. The summed E-state index contributed by atoms with van der Waals surface area (Å²) in [5.41, 5.74) is -3.68. The van der Waals surface area contributed by atoms with Crippen molar-refractivity contribution in [2.45, 2.75) is 10.3 Å². The van der Waals surface area contributed by atoms with Gasteiger partial charge in [0.25, 0.3) is 0 Å². The molecule has 0 radical (unpaired) electrons. The number of aliphatic hydroxyl groups is 1. The van der Waals surface area contributed by atoms with Crippen LogP contribution in [-0.2, 0) is 0 Å². The van der Waals surface area contributed by atoms with Gasteiger partial charge in [0.1, 0.15) is 0 Å². The Morgan fingerprint density at radius 3 is 2.18 bits per heavy atom. The molecule has 60 valence electrons. The van der Waals surface area contributed by atoms with Gasteiger partial charge in [0.05, 0.1) is 0 Å². The number of benzene rings is 1. The lowest BCUT2D eigenvalue weighted by Gasteiger charge is -2.06. The Hall–Kier alpha value is -0.610. The van der Waals surface area contributed by atoms with Gasteiger partial charge in [0, 0.05) is 4.90 Å². The molecule has 1 rings (SSSR count). The summed E-state index contributed by atoms with van der Waals surface area (Å²) in [7, 11) is 0. The van der Waals surface area contributed by atoms with Crippen LogP contribution in [-0.4, -0.2) is 10.5 Å². The highest BCUT2D eigenvalue weighted by molar-refractivity contribution is 8.00. The van der Waals surface area contributed by atoms with Gasteiger partial charge in [-0.1, -0.05) is 18.2 Å². The number of rotatable bonds is 2.